The minimum atomic E-state index is -0.472. The van der Waals surface area contributed by atoms with Gasteiger partial charge in [0.25, 0.3) is 5.91 Å². The number of amides is 3. The smallest absolute Gasteiger partial charge is 0.270 e. The van der Waals surface area contributed by atoms with Crippen molar-refractivity contribution in [3.63, 3.8) is 0 Å². The number of carbonyl (C=O) groups is 3. The average Bonchev–Trinajstić information content (AvgIpc) is 3.45. The highest BCUT2D eigenvalue weighted by molar-refractivity contribution is 6.03. The number of aromatic nitrogens is 3. The molecule has 0 aliphatic carbocycles. The van der Waals surface area contributed by atoms with Crippen molar-refractivity contribution in [1.82, 2.24) is 25.0 Å². The van der Waals surface area contributed by atoms with Crippen LogP contribution in [0.4, 0.5) is 0 Å². The number of likely N-dealkylation sites (tertiary alicyclic amines) is 1. The molecule has 2 fully saturated rings. The third-order valence-corrected chi connectivity index (χ3v) is 6.49. The Morgan fingerprint density at radius 3 is 2.74 bits per heavy atom. The number of nitrogens with one attached hydrogen (secondary N) is 2. The van der Waals surface area contributed by atoms with Gasteiger partial charge >= 0.3 is 0 Å². The molecule has 2 aromatic heterocycles. The molecule has 34 heavy (non-hydrogen) atoms. The van der Waals surface area contributed by atoms with Gasteiger partial charge in [-0.2, -0.15) is 10.4 Å². The topological polar surface area (TPSA) is 133 Å². The lowest BCUT2D eigenvalue weighted by Gasteiger charge is -2.32. The van der Waals surface area contributed by atoms with E-state index in [0.29, 0.717) is 61.5 Å². The molecule has 2 aliphatic rings. The van der Waals surface area contributed by atoms with Crippen molar-refractivity contribution in [3.05, 3.63) is 47.4 Å². The number of hydrogen-bond acceptors (Lipinski definition) is 6. The molecule has 0 saturated carbocycles. The van der Waals surface area contributed by atoms with Crippen LogP contribution in [0.5, 0.6) is 5.75 Å². The average molecular weight is 460 g/mol. The Labute approximate surface area is 195 Å². The van der Waals surface area contributed by atoms with E-state index in [1.807, 2.05) is 31.3 Å². The van der Waals surface area contributed by atoms with Crippen LogP contribution in [-0.2, 0) is 16.6 Å². The van der Waals surface area contributed by atoms with Gasteiger partial charge in [-0.25, -0.2) is 0 Å². The summed E-state index contributed by atoms with van der Waals surface area (Å²) in [5, 5.41) is 16.8. The number of piperidine rings is 2. The maximum atomic E-state index is 12.7. The van der Waals surface area contributed by atoms with Gasteiger partial charge in [0.15, 0.2) is 0 Å². The second kappa shape index (κ2) is 8.67. The Hall–Kier alpha value is -4.13. The fourth-order valence-corrected chi connectivity index (χ4v) is 4.74. The molecule has 10 heteroatoms. The number of aromatic amines is 1. The van der Waals surface area contributed by atoms with Crippen LogP contribution in [0.15, 0.2) is 30.5 Å². The van der Waals surface area contributed by atoms with E-state index in [1.165, 1.54) is 6.20 Å². The molecule has 1 unspecified atom stereocenters. The van der Waals surface area contributed by atoms with Gasteiger partial charge in [-0.3, -0.25) is 24.4 Å². The van der Waals surface area contributed by atoms with E-state index in [2.05, 4.69) is 15.4 Å². The Morgan fingerprint density at radius 2 is 2.03 bits per heavy atom. The number of imide groups is 1. The summed E-state index contributed by atoms with van der Waals surface area (Å²) < 4.78 is 8.07. The summed E-state index contributed by atoms with van der Waals surface area (Å²) in [6, 6.07) is 9.27. The van der Waals surface area contributed by atoms with Crippen molar-refractivity contribution >= 4 is 28.6 Å². The molecular formula is C24H24N6O4. The highest BCUT2D eigenvalue weighted by Gasteiger charge is 2.32. The highest BCUT2D eigenvalue weighted by atomic mass is 16.5. The molecule has 5 rings (SSSR count). The predicted molar refractivity (Wildman–Crippen MR) is 121 cm³/mol. The van der Waals surface area contributed by atoms with Crippen molar-refractivity contribution in [2.24, 2.45) is 7.05 Å². The zero-order chi connectivity index (χ0) is 23.8. The predicted octanol–water partition coefficient (Wildman–Crippen LogP) is 1.98. The number of H-pyrrole nitrogens is 1. The minimum absolute atomic E-state index is 0.0677. The largest absolute Gasteiger partial charge is 0.488 e. The van der Waals surface area contributed by atoms with E-state index in [0.717, 1.165) is 10.9 Å². The first-order valence-corrected chi connectivity index (χ1v) is 11.3. The molecule has 0 spiro atoms. The summed E-state index contributed by atoms with van der Waals surface area (Å²) in [5.41, 5.74) is 2.30. The van der Waals surface area contributed by atoms with Gasteiger partial charge in [-0.05, 0) is 18.6 Å². The maximum absolute atomic E-state index is 12.7. The quantitative estimate of drug-likeness (QED) is 0.572. The summed E-state index contributed by atoms with van der Waals surface area (Å²) in [5.74, 6) is -0.484. The van der Waals surface area contributed by atoms with E-state index in [9.17, 15) is 14.4 Å². The van der Waals surface area contributed by atoms with Crippen LogP contribution in [0, 0.1) is 11.3 Å². The second-order valence-electron chi connectivity index (χ2n) is 8.69. The van der Waals surface area contributed by atoms with Crippen LogP contribution in [0.1, 0.15) is 53.3 Å². The molecule has 2 aliphatic heterocycles. The van der Waals surface area contributed by atoms with Crippen molar-refractivity contribution < 1.29 is 19.1 Å². The lowest BCUT2D eigenvalue weighted by molar-refractivity contribution is -0.134. The molecule has 10 nitrogen and oxygen atoms in total. The first kappa shape index (κ1) is 21.7. The fraction of sp³-hybridized carbons (Fsp3) is 0.375. The maximum Gasteiger partial charge on any atom is 0.270 e. The molecule has 2 N–H and O–H groups in total. The van der Waals surface area contributed by atoms with Crippen molar-refractivity contribution in [1.29, 1.82) is 5.26 Å². The van der Waals surface area contributed by atoms with Gasteiger partial charge in [0, 0.05) is 51.0 Å². The van der Waals surface area contributed by atoms with Crippen LogP contribution in [0.25, 0.3) is 10.9 Å². The second-order valence-corrected chi connectivity index (χ2v) is 8.69. The molecule has 174 valence electrons. The third kappa shape index (κ3) is 3.90. The molecule has 3 amide bonds. The fourth-order valence-electron chi connectivity index (χ4n) is 4.74. The van der Waals surface area contributed by atoms with Gasteiger partial charge in [0.1, 0.15) is 29.1 Å². The number of nitrogens with zero attached hydrogens (tertiary/aromatic N) is 4. The first-order valence-electron chi connectivity index (χ1n) is 11.3. The van der Waals surface area contributed by atoms with Gasteiger partial charge in [-0.15, -0.1) is 0 Å². The molecule has 0 radical (unpaired) electrons. The van der Waals surface area contributed by atoms with Crippen molar-refractivity contribution in [3.8, 4) is 11.8 Å². The van der Waals surface area contributed by atoms with Crippen LogP contribution in [0.2, 0.25) is 0 Å². The molecule has 1 aromatic carbocycles. The van der Waals surface area contributed by atoms with Gasteiger partial charge in [-0.1, -0.05) is 12.1 Å². The normalized spacial score (nSPS) is 19.2. The number of hydrogen-bond donors (Lipinski definition) is 2. The number of fused-ring (bicyclic) bond motifs is 1. The molecule has 2 saturated heterocycles. The van der Waals surface area contributed by atoms with Gasteiger partial charge in [0.2, 0.25) is 11.8 Å². The van der Waals surface area contributed by atoms with Crippen molar-refractivity contribution in [2.75, 3.05) is 13.1 Å². The number of carbonyl (C=O) groups excluding carboxylic acids is 3. The Morgan fingerprint density at radius 1 is 1.24 bits per heavy atom. The third-order valence-electron chi connectivity index (χ3n) is 6.49. The molecule has 1 atom stereocenters. The van der Waals surface area contributed by atoms with Gasteiger partial charge in [0.05, 0.1) is 17.2 Å². The van der Waals surface area contributed by atoms with E-state index in [1.54, 1.807) is 15.6 Å². The van der Waals surface area contributed by atoms with Crippen LogP contribution >= 0.6 is 0 Å². The van der Waals surface area contributed by atoms with Crippen molar-refractivity contribution in [2.45, 2.75) is 37.7 Å². The minimum Gasteiger partial charge on any atom is -0.488 e. The Balaban J connectivity index is 1.30. The first-order chi connectivity index (χ1) is 16.4. The van der Waals surface area contributed by atoms with E-state index >= 15 is 0 Å². The molecular weight excluding hydrogens is 436 g/mol. The van der Waals surface area contributed by atoms with E-state index in [-0.39, 0.29) is 23.8 Å². The van der Waals surface area contributed by atoms with E-state index < -0.39 is 5.92 Å². The summed E-state index contributed by atoms with van der Waals surface area (Å²) in [4.78, 5) is 41.3. The van der Waals surface area contributed by atoms with Crippen LogP contribution in [-0.4, -0.2) is 56.6 Å². The number of benzene rings is 1. The lowest BCUT2D eigenvalue weighted by Crippen LogP contribution is -2.41. The van der Waals surface area contributed by atoms with Crippen LogP contribution < -0.4 is 10.1 Å². The Kier molecular flexibility index (Phi) is 5.53. The monoisotopic (exact) mass is 460 g/mol. The lowest BCUT2D eigenvalue weighted by atomic mass is 9.93. The SMILES string of the molecule is Cn1nc(C2CCC(=O)NC2=O)c2cccc(OC3CCN(C(=O)c4cc(C#N)c[nH]4)CC3)c21. The number of aryl methyl sites for hydroxylation is 1. The number of ether oxygens (including phenoxy) is 1. The number of rotatable bonds is 4. The van der Waals surface area contributed by atoms with Crippen LogP contribution in [0.3, 0.4) is 0 Å². The highest BCUT2D eigenvalue weighted by Crippen LogP contribution is 2.35. The summed E-state index contributed by atoms with van der Waals surface area (Å²) in [6.07, 6.45) is 3.54. The number of nitriles is 1. The summed E-state index contributed by atoms with van der Waals surface area (Å²) >= 11 is 0. The summed E-state index contributed by atoms with van der Waals surface area (Å²) in [6.45, 7) is 1.10. The molecule has 0 bridgehead atoms. The van der Waals surface area contributed by atoms with E-state index in [4.69, 9.17) is 10.00 Å². The molecule has 3 aromatic rings. The zero-order valence-electron chi connectivity index (χ0n) is 18.7. The standard InChI is InChI=1S/C24H24N6O4/c1-29-22-16(21(28-29)17-5-6-20(31)27-23(17)32)3-2-4-19(22)34-15-7-9-30(10-8-15)24(33)18-11-14(12-25)13-26-18/h2-4,11,13,15,17,26H,5-10H2,1H3,(H,27,31,32). The number of para-hydroxylation sites is 1. The van der Waals surface area contributed by atoms with Gasteiger partial charge < -0.3 is 14.6 Å². The Bertz CT molecular complexity index is 1320. The molecule has 4 heterocycles. The summed E-state index contributed by atoms with van der Waals surface area (Å²) in [7, 11) is 1.82. The zero-order valence-corrected chi connectivity index (χ0v) is 18.7.